The van der Waals surface area contributed by atoms with Crippen molar-refractivity contribution in [3.8, 4) is 11.5 Å². The Morgan fingerprint density at radius 1 is 1.41 bits per heavy atom. The van der Waals surface area contributed by atoms with Gasteiger partial charge < -0.3 is 10.3 Å². The highest BCUT2D eigenvalue weighted by molar-refractivity contribution is 5.46. The first-order chi connectivity index (χ1) is 8.15. The second-order valence-electron chi connectivity index (χ2n) is 4.02. The topological polar surface area (TPSA) is 90.7 Å². The quantitative estimate of drug-likeness (QED) is 0.850. The third kappa shape index (κ3) is 3.07. The Bertz CT molecular complexity index is 494. The van der Waals surface area contributed by atoms with Crippen LogP contribution in [0.25, 0.3) is 11.5 Å². The van der Waals surface area contributed by atoms with Crippen molar-refractivity contribution in [2.45, 2.75) is 32.7 Å². The molecule has 6 heteroatoms. The monoisotopic (exact) mass is 233 g/mol. The summed E-state index contributed by atoms with van der Waals surface area (Å²) < 4.78 is 5.13. The number of aromatic nitrogens is 4. The van der Waals surface area contributed by atoms with E-state index in [1.54, 1.807) is 12.3 Å². The van der Waals surface area contributed by atoms with Crippen LogP contribution in [0.15, 0.2) is 16.8 Å². The SMILES string of the molecule is Cc1nccc(-c2noc(CCC(C)N)n2)n1. The maximum atomic E-state index is 5.67. The van der Waals surface area contributed by atoms with Gasteiger partial charge in [0, 0.05) is 18.7 Å². The van der Waals surface area contributed by atoms with Gasteiger partial charge in [0.25, 0.3) is 0 Å². The molecule has 17 heavy (non-hydrogen) atoms. The zero-order valence-electron chi connectivity index (χ0n) is 9.92. The zero-order valence-corrected chi connectivity index (χ0v) is 9.92. The molecule has 0 spiro atoms. The first kappa shape index (κ1) is 11.7. The fourth-order valence-electron chi connectivity index (χ4n) is 1.39. The smallest absolute Gasteiger partial charge is 0.227 e. The van der Waals surface area contributed by atoms with Gasteiger partial charge in [0.05, 0.1) is 0 Å². The predicted molar refractivity (Wildman–Crippen MR) is 62.0 cm³/mol. The molecule has 0 radical (unpaired) electrons. The Labute approximate surface area is 99.3 Å². The van der Waals surface area contributed by atoms with Gasteiger partial charge in [-0.1, -0.05) is 5.16 Å². The van der Waals surface area contributed by atoms with Gasteiger partial charge in [0.2, 0.25) is 11.7 Å². The maximum absolute atomic E-state index is 5.67. The summed E-state index contributed by atoms with van der Waals surface area (Å²) in [6, 6.07) is 1.89. The van der Waals surface area contributed by atoms with E-state index in [9.17, 15) is 0 Å². The van der Waals surface area contributed by atoms with Gasteiger partial charge in [-0.05, 0) is 26.3 Å². The molecule has 1 unspecified atom stereocenters. The molecule has 0 aliphatic carbocycles. The molecule has 0 aliphatic heterocycles. The lowest BCUT2D eigenvalue weighted by atomic mass is 10.2. The van der Waals surface area contributed by atoms with E-state index in [-0.39, 0.29) is 6.04 Å². The van der Waals surface area contributed by atoms with Crippen LogP contribution in [0.2, 0.25) is 0 Å². The molecular weight excluding hydrogens is 218 g/mol. The molecule has 0 bridgehead atoms. The average molecular weight is 233 g/mol. The van der Waals surface area contributed by atoms with E-state index in [1.807, 2.05) is 13.8 Å². The normalized spacial score (nSPS) is 12.6. The Kier molecular flexibility index (Phi) is 3.43. The van der Waals surface area contributed by atoms with Crippen molar-refractivity contribution in [1.29, 1.82) is 0 Å². The maximum Gasteiger partial charge on any atom is 0.227 e. The molecular formula is C11H15N5O. The van der Waals surface area contributed by atoms with E-state index in [2.05, 4.69) is 20.1 Å². The minimum absolute atomic E-state index is 0.131. The summed E-state index contributed by atoms with van der Waals surface area (Å²) in [5, 5.41) is 3.89. The van der Waals surface area contributed by atoms with Crippen molar-refractivity contribution < 1.29 is 4.52 Å². The van der Waals surface area contributed by atoms with Gasteiger partial charge in [0.1, 0.15) is 11.5 Å². The van der Waals surface area contributed by atoms with Gasteiger partial charge >= 0.3 is 0 Å². The lowest BCUT2D eigenvalue weighted by molar-refractivity contribution is 0.372. The first-order valence-electron chi connectivity index (χ1n) is 5.53. The van der Waals surface area contributed by atoms with Gasteiger partial charge in [-0.3, -0.25) is 0 Å². The highest BCUT2D eigenvalue weighted by Gasteiger charge is 2.10. The highest BCUT2D eigenvalue weighted by Crippen LogP contribution is 2.13. The Morgan fingerprint density at radius 3 is 2.94 bits per heavy atom. The van der Waals surface area contributed by atoms with Crippen molar-refractivity contribution >= 4 is 0 Å². The molecule has 0 aromatic carbocycles. The second kappa shape index (κ2) is 5.01. The summed E-state index contributed by atoms with van der Waals surface area (Å²) in [4.78, 5) is 12.5. The van der Waals surface area contributed by atoms with Crippen LogP contribution in [-0.2, 0) is 6.42 Å². The van der Waals surface area contributed by atoms with Crippen molar-refractivity contribution in [3.63, 3.8) is 0 Å². The number of aryl methyl sites for hydroxylation is 2. The van der Waals surface area contributed by atoms with Gasteiger partial charge in [-0.15, -0.1) is 0 Å². The Morgan fingerprint density at radius 2 is 2.24 bits per heavy atom. The van der Waals surface area contributed by atoms with Crippen molar-refractivity contribution in [1.82, 2.24) is 20.1 Å². The van der Waals surface area contributed by atoms with E-state index in [1.165, 1.54) is 0 Å². The third-order valence-electron chi connectivity index (χ3n) is 2.29. The highest BCUT2D eigenvalue weighted by atomic mass is 16.5. The molecule has 2 heterocycles. The summed E-state index contributed by atoms with van der Waals surface area (Å²) in [6.45, 7) is 3.77. The van der Waals surface area contributed by atoms with Gasteiger partial charge in [0.15, 0.2) is 0 Å². The van der Waals surface area contributed by atoms with Crippen LogP contribution in [0.5, 0.6) is 0 Å². The number of hydrogen-bond donors (Lipinski definition) is 1. The van der Waals surface area contributed by atoms with E-state index in [0.29, 0.717) is 29.7 Å². The van der Waals surface area contributed by atoms with Crippen LogP contribution in [0, 0.1) is 6.92 Å². The molecule has 2 rings (SSSR count). The van der Waals surface area contributed by atoms with Crippen LogP contribution in [0.4, 0.5) is 0 Å². The molecule has 1 atom stereocenters. The molecule has 0 aliphatic rings. The van der Waals surface area contributed by atoms with E-state index in [4.69, 9.17) is 10.3 Å². The predicted octanol–water partition coefficient (Wildman–Crippen LogP) is 1.11. The van der Waals surface area contributed by atoms with Crippen molar-refractivity contribution in [3.05, 3.63) is 24.0 Å². The molecule has 0 saturated heterocycles. The summed E-state index contributed by atoms with van der Waals surface area (Å²) in [6.07, 6.45) is 3.19. The van der Waals surface area contributed by atoms with Crippen LogP contribution >= 0.6 is 0 Å². The zero-order chi connectivity index (χ0) is 12.3. The molecule has 2 aromatic heterocycles. The minimum Gasteiger partial charge on any atom is -0.339 e. The molecule has 0 fully saturated rings. The van der Waals surface area contributed by atoms with Crippen molar-refractivity contribution in [2.24, 2.45) is 5.73 Å². The van der Waals surface area contributed by atoms with Gasteiger partial charge in [-0.25, -0.2) is 9.97 Å². The number of nitrogens with zero attached hydrogens (tertiary/aromatic N) is 4. The number of nitrogens with two attached hydrogens (primary N) is 1. The molecule has 2 aromatic rings. The number of rotatable bonds is 4. The third-order valence-corrected chi connectivity index (χ3v) is 2.29. The van der Waals surface area contributed by atoms with Crippen LogP contribution in [0.3, 0.4) is 0 Å². The van der Waals surface area contributed by atoms with Crippen LogP contribution < -0.4 is 5.73 Å². The second-order valence-corrected chi connectivity index (χ2v) is 4.02. The van der Waals surface area contributed by atoms with Crippen LogP contribution in [0.1, 0.15) is 25.1 Å². The average Bonchev–Trinajstić information content (AvgIpc) is 2.75. The largest absolute Gasteiger partial charge is 0.339 e. The molecule has 0 saturated carbocycles. The molecule has 0 amide bonds. The summed E-state index contributed by atoms with van der Waals surface area (Å²) in [5.41, 5.74) is 6.34. The van der Waals surface area contributed by atoms with E-state index in [0.717, 1.165) is 6.42 Å². The number of hydrogen-bond acceptors (Lipinski definition) is 6. The Hall–Kier alpha value is -1.82. The standard InChI is InChI=1S/C11H15N5O/c1-7(12)3-4-10-15-11(16-17-10)9-5-6-13-8(2)14-9/h5-7H,3-4,12H2,1-2H3. The lowest BCUT2D eigenvalue weighted by Gasteiger charge is -1.99. The summed E-state index contributed by atoms with van der Waals surface area (Å²) in [7, 11) is 0. The fourth-order valence-corrected chi connectivity index (χ4v) is 1.39. The Balaban J connectivity index is 2.12. The molecule has 6 nitrogen and oxygen atoms in total. The summed E-state index contributed by atoms with van der Waals surface area (Å²) >= 11 is 0. The fraction of sp³-hybridized carbons (Fsp3) is 0.455. The first-order valence-corrected chi connectivity index (χ1v) is 5.53. The van der Waals surface area contributed by atoms with Gasteiger partial charge in [-0.2, -0.15) is 4.98 Å². The van der Waals surface area contributed by atoms with Crippen molar-refractivity contribution in [2.75, 3.05) is 0 Å². The minimum atomic E-state index is 0.131. The summed E-state index contributed by atoms with van der Waals surface area (Å²) in [5.74, 6) is 1.77. The molecule has 90 valence electrons. The van der Waals surface area contributed by atoms with E-state index >= 15 is 0 Å². The lowest BCUT2D eigenvalue weighted by Crippen LogP contribution is -2.15. The van der Waals surface area contributed by atoms with E-state index < -0.39 is 0 Å². The molecule has 2 N–H and O–H groups in total. The van der Waals surface area contributed by atoms with Crippen LogP contribution in [-0.4, -0.2) is 26.2 Å².